The number of aryl methyl sites for hydroxylation is 3. The Bertz CT molecular complexity index is 6200. The fourth-order valence-electron chi connectivity index (χ4n) is 13.1. The van der Waals surface area contributed by atoms with Gasteiger partial charge in [-0.1, -0.05) is 185 Å². The first-order chi connectivity index (χ1) is 65.0. The maximum absolute atomic E-state index is 13.6. The fraction of sp³-hybridized carbons (Fsp3) is 0.0667. The minimum absolute atomic E-state index is 0. The molecule has 0 aliphatic carbocycles. The smallest absolute Gasteiger partial charge is 0.126 e. The normalized spacial score (nSPS) is 10.5. The van der Waals surface area contributed by atoms with Gasteiger partial charge in [0.25, 0.3) is 0 Å². The van der Waals surface area contributed by atoms with E-state index in [9.17, 15) is 8.78 Å². The van der Waals surface area contributed by atoms with Crippen molar-refractivity contribution in [1.29, 1.82) is 0 Å². The average molecular weight is 2460 g/mol. The molecule has 8 aromatic heterocycles. The van der Waals surface area contributed by atoms with Crippen molar-refractivity contribution in [1.82, 2.24) is 39.9 Å². The van der Waals surface area contributed by atoms with Crippen LogP contribution in [-0.2, 0) is 93.2 Å². The Balaban J connectivity index is 0.000000177. The Morgan fingerprint density at radius 1 is 0.261 bits per heavy atom. The van der Waals surface area contributed by atoms with Gasteiger partial charge in [0.2, 0.25) is 0 Å². The number of rotatable bonds is 15. The van der Waals surface area contributed by atoms with Gasteiger partial charge in [-0.3, -0.25) is 0 Å². The van der Waals surface area contributed by atoms with E-state index in [0.29, 0.717) is 17.5 Å². The summed E-state index contributed by atoms with van der Waals surface area (Å²) in [6.07, 6.45) is 13.9. The molecule has 0 spiro atoms. The van der Waals surface area contributed by atoms with Gasteiger partial charge in [-0.15, -0.1) is 287 Å². The summed E-state index contributed by atoms with van der Waals surface area (Å²) < 4.78 is 50.3. The predicted molar refractivity (Wildman–Crippen MR) is 527 cm³/mol. The molecule has 14 heteroatoms. The maximum Gasteiger partial charge on any atom is 0.126 e. The van der Waals surface area contributed by atoms with Crippen molar-refractivity contribution < 1.29 is 93.3 Å². The van der Waals surface area contributed by atoms with Crippen molar-refractivity contribution in [2.45, 2.75) is 53.3 Å². The molecule has 0 atom stereocenters. The Labute approximate surface area is 846 Å². The first kappa shape index (κ1) is 99.3. The first-order valence-electron chi connectivity index (χ1n) is 44.0. The van der Waals surface area contributed by atoms with Crippen molar-refractivity contribution in [2.24, 2.45) is 0 Å². The van der Waals surface area contributed by atoms with Crippen LogP contribution in [0.2, 0.25) is 0 Å². The monoisotopic (exact) mass is 2460 g/mol. The summed E-state index contributed by atoms with van der Waals surface area (Å²) in [5.41, 5.74) is 26.8. The van der Waals surface area contributed by atoms with Gasteiger partial charge in [0.1, 0.15) is 11.6 Å². The molecule has 20 aromatic rings. The third kappa shape index (κ3) is 32.4. The molecule has 0 bridgehead atoms. The van der Waals surface area contributed by atoms with Gasteiger partial charge in [0.15, 0.2) is 0 Å². The van der Waals surface area contributed by atoms with E-state index < -0.39 is 12.3 Å². The maximum atomic E-state index is 13.6. The Kier molecular flexibility index (Phi) is 42.2. The molecule has 8 heterocycles. The summed E-state index contributed by atoms with van der Waals surface area (Å²) >= 11 is 0. The van der Waals surface area contributed by atoms with E-state index >= 15 is 0 Å². The standard InChI is InChI=1S/C20H18N.C19H15FN.C19H16N.C18H13FN.4C11H8N.4Ir/c1-15(2)16-8-10-17(11-9-16)19-12-13-20(21-14-19)18-6-4-3-5-7-18;1-2-14-12-16(8-10-18(14)20)17-9-11-19(21-13-17)15-6-4-3-5-7-15;1-2-15-8-10-16(11-9-15)18-12-13-19(20-14-18)17-6-4-3-5-7-17;1-13-11-15(7-9-17(13)19)16-8-10-18(20-12-16)14-5-3-2-4-6-14;4*1-2-6-10(7-3-1)11-8-4-5-9-12-11;;;;/h3-6,8-15H,1-2H3;3-6,8-13H,2H2,1H3;3-6,8-14H,2H2,1H3;2-5,7-12H,1H3;4*1-6,8-9H;;;;/q8*-1;;;;/i15D;;2D2;;;;;;;;;. The molecule has 0 N–H and O–H groups in total. The molecule has 4 radical (unpaired) electrons. The third-order valence-corrected chi connectivity index (χ3v) is 20.1. The summed E-state index contributed by atoms with van der Waals surface area (Å²) in [5, 5.41) is 0. The van der Waals surface area contributed by atoms with Crippen LogP contribution in [0, 0.1) is 67.1 Å². The molecule has 0 fully saturated rings. The second-order valence-corrected chi connectivity index (χ2v) is 29.3. The third-order valence-electron chi connectivity index (χ3n) is 20.1. The summed E-state index contributed by atoms with van der Waals surface area (Å²) in [6.45, 7) is 9.08. The van der Waals surface area contributed by atoms with Crippen LogP contribution in [0.15, 0.2) is 450 Å². The van der Waals surface area contributed by atoms with Crippen LogP contribution in [0.5, 0.6) is 0 Å². The van der Waals surface area contributed by atoms with E-state index in [1.54, 1.807) is 50.8 Å². The number of nitrogens with zero attached hydrogens (tertiary/aromatic N) is 8. The van der Waals surface area contributed by atoms with Crippen LogP contribution in [0.4, 0.5) is 8.78 Å². The molecule has 0 saturated heterocycles. The first-order valence-corrected chi connectivity index (χ1v) is 42.5. The number of pyridine rings is 8. The number of hydrogen-bond donors (Lipinski definition) is 0. The molecule has 134 heavy (non-hydrogen) atoms. The summed E-state index contributed by atoms with van der Waals surface area (Å²) in [4.78, 5) is 34.8. The molecule has 20 rings (SSSR count). The van der Waals surface area contributed by atoms with E-state index in [-0.39, 0.29) is 92.1 Å². The van der Waals surface area contributed by atoms with Gasteiger partial charge in [0, 0.05) is 134 Å². The number of hydrogen-bond acceptors (Lipinski definition) is 8. The average Bonchev–Trinajstić information content (AvgIpc) is 0.838. The molecule has 12 aromatic carbocycles. The van der Waals surface area contributed by atoms with Gasteiger partial charge in [-0.2, -0.15) is 0 Å². The molecule has 0 amide bonds. The quantitative estimate of drug-likeness (QED) is 0.0935. The fourth-order valence-corrected chi connectivity index (χ4v) is 13.1. The molecule has 0 aliphatic rings. The van der Waals surface area contributed by atoms with Crippen molar-refractivity contribution in [3.63, 3.8) is 0 Å². The predicted octanol–water partition coefficient (Wildman–Crippen LogP) is 29.9. The van der Waals surface area contributed by atoms with Crippen LogP contribution in [0.25, 0.3) is 135 Å². The van der Waals surface area contributed by atoms with Crippen LogP contribution in [0.1, 0.15) is 60.0 Å². The molecule has 8 nitrogen and oxygen atoms in total. The van der Waals surface area contributed by atoms with Crippen LogP contribution in [0.3, 0.4) is 0 Å². The van der Waals surface area contributed by atoms with Gasteiger partial charge >= 0.3 is 0 Å². The van der Waals surface area contributed by atoms with E-state index in [4.69, 9.17) is 4.11 Å². The second kappa shape index (κ2) is 56.9. The summed E-state index contributed by atoms with van der Waals surface area (Å²) in [5.74, 6) is -0.897. The van der Waals surface area contributed by atoms with Crippen molar-refractivity contribution >= 4 is 0 Å². The van der Waals surface area contributed by atoms with E-state index in [1.807, 2.05) is 403 Å². The van der Waals surface area contributed by atoms with Crippen LogP contribution in [-0.4, -0.2) is 39.9 Å². The molecule has 0 unspecified atom stereocenters. The van der Waals surface area contributed by atoms with Gasteiger partial charge in [-0.05, 0) is 186 Å². The summed E-state index contributed by atoms with van der Waals surface area (Å²) in [6, 6.07) is 153. The minimum Gasteiger partial charge on any atom is -0.305 e. The van der Waals surface area contributed by atoms with Crippen LogP contribution >= 0.6 is 0 Å². The SMILES string of the molecule is CCc1cc(-c2ccc(-c3[c-]cccc3)nc2)ccc1F.Cc1cc(-c2ccc(-c3[c-]cccc3)nc2)ccc1F.[2H]C(C)(C)c1ccc(-c2ccc(-c3[c-]cccc3)nc2)cc1.[2H]C([2H])(C)c1ccc(-c2ccc(-c3[c-]cccc3)nc2)cc1.[Ir].[Ir].[Ir].[Ir].[c-]1ccccc1-c1ccccn1.[c-]1ccccc1-c1ccccn1.[c-]1ccccc1-c1ccccn1.[c-]1ccccc1-c1ccccn1. The van der Waals surface area contributed by atoms with Gasteiger partial charge < -0.3 is 39.9 Å². The van der Waals surface area contributed by atoms with E-state index in [1.165, 1.54) is 12.1 Å². The number of benzene rings is 12. The zero-order valence-electron chi connectivity index (χ0n) is 77.1. The Hall–Kier alpha value is -13.7. The molecule has 672 valence electrons. The number of halogens is 2. The molecular formula is C120H94F2Ir4N8-8. The molecule has 0 saturated carbocycles. The zero-order chi connectivity index (χ0) is 92.7. The van der Waals surface area contributed by atoms with Crippen molar-refractivity contribution in [2.75, 3.05) is 0 Å². The number of aromatic nitrogens is 8. The van der Waals surface area contributed by atoms with Gasteiger partial charge in [0.05, 0.1) is 0 Å². The minimum atomic E-state index is -1.32. The van der Waals surface area contributed by atoms with Crippen LogP contribution < -0.4 is 0 Å². The second-order valence-electron chi connectivity index (χ2n) is 29.3. The van der Waals surface area contributed by atoms with E-state index in [2.05, 4.69) is 107 Å². The zero-order valence-corrected chi connectivity index (χ0v) is 83.7. The molecular weight excluding hydrogens is 2360 g/mol. The Morgan fingerprint density at radius 2 is 0.500 bits per heavy atom. The molecule has 0 aliphatic heterocycles. The Morgan fingerprint density at radius 3 is 0.724 bits per heavy atom. The van der Waals surface area contributed by atoms with E-state index in [0.717, 1.165) is 146 Å². The van der Waals surface area contributed by atoms with Crippen molar-refractivity contribution in [3.8, 4) is 135 Å². The van der Waals surface area contributed by atoms with Gasteiger partial charge in [-0.25, -0.2) is 8.78 Å². The topological polar surface area (TPSA) is 103 Å². The summed E-state index contributed by atoms with van der Waals surface area (Å²) in [7, 11) is 0. The largest absolute Gasteiger partial charge is 0.305 e. The van der Waals surface area contributed by atoms with Crippen molar-refractivity contribution in [3.05, 3.63) is 532 Å².